The third-order valence-electron chi connectivity index (χ3n) is 4.49. The van der Waals surface area contributed by atoms with Gasteiger partial charge in [0.25, 0.3) is 5.91 Å². The summed E-state index contributed by atoms with van der Waals surface area (Å²) in [6, 6.07) is 3.48. The molecule has 2 aliphatic heterocycles. The highest BCUT2D eigenvalue weighted by molar-refractivity contribution is 6.43. The Hall–Kier alpha value is -1.79. The lowest BCUT2D eigenvalue weighted by atomic mass is 10.1. The third kappa shape index (κ3) is 4.48. The van der Waals surface area contributed by atoms with Gasteiger partial charge in [0.05, 0.1) is 17.3 Å². The molecule has 8 heteroatoms. The van der Waals surface area contributed by atoms with Gasteiger partial charge in [-0.1, -0.05) is 29.6 Å². The molecular formula is C18H21Cl2N3O3. The molecule has 0 aromatic heterocycles. The molecule has 2 heterocycles. The molecule has 0 unspecified atom stereocenters. The van der Waals surface area contributed by atoms with Crippen LogP contribution >= 0.6 is 23.2 Å². The molecule has 0 aliphatic carbocycles. The highest BCUT2D eigenvalue weighted by Crippen LogP contribution is 2.37. The second-order valence-electron chi connectivity index (χ2n) is 6.41. The van der Waals surface area contributed by atoms with Gasteiger partial charge in [-0.05, 0) is 37.8 Å². The van der Waals surface area contributed by atoms with E-state index in [0.717, 1.165) is 31.2 Å². The predicted octanol–water partition coefficient (Wildman–Crippen LogP) is 3.39. The van der Waals surface area contributed by atoms with E-state index in [1.807, 2.05) is 0 Å². The lowest BCUT2D eigenvalue weighted by Crippen LogP contribution is -2.39. The monoisotopic (exact) mass is 397 g/mol. The number of nitrogens with zero attached hydrogens (tertiary/aromatic N) is 2. The Balaban J connectivity index is 1.71. The summed E-state index contributed by atoms with van der Waals surface area (Å²) >= 11 is 12.3. The Morgan fingerprint density at radius 1 is 1.19 bits per heavy atom. The molecule has 6 nitrogen and oxygen atoms in total. The van der Waals surface area contributed by atoms with Crippen molar-refractivity contribution in [3.63, 3.8) is 0 Å². The topological polar surface area (TPSA) is 71.0 Å². The minimum Gasteiger partial charge on any atom is -0.491 e. The fourth-order valence-electron chi connectivity index (χ4n) is 3.11. The van der Waals surface area contributed by atoms with Crippen molar-refractivity contribution >= 4 is 40.7 Å². The number of rotatable bonds is 3. The first-order valence-electron chi connectivity index (χ1n) is 8.80. The molecule has 2 aliphatic rings. The van der Waals surface area contributed by atoms with Gasteiger partial charge in [-0.2, -0.15) is 5.10 Å². The summed E-state index contributed by atoms with van der Waals surface area (Å²) in [7, 11) is 0. The largest absolute Gasteiger partial charge is 0.491 e. The van der Waals surface area contributed by atoms with E-state index in [1.165, 1.54) is 0 Å². The number of ether oxygens (including phenoxy) is 1. The molecule has 1 saturated heterocycles. The number of halogens is 2. The van der Waals surface area contributed by atoms with Gasteiger partial charge >= 0.3 is 0 Å². The van der Waals surface area contributed by atoms with E-state index in [1.54, 1.807) is 17.0 Å². The summed E-state index contributed by atoms with van der Waals surface area (Å²) in [6.45, 7) is 1.15. The lowest BCUT2D eigenvalue weighted by molar-refractivity contribution is -0.135. The molecule has 0 radical (unpaired) electrons. The van der Waals surface area contributed by atoms with E-state index < -0.39 is 0 Å². The first-order valence-corrected chi connectivity index (χ1v) is 9.56. The van der Waals surface area contributed by atoms with Crippen LogP contribution in [-0.4, -0.2) is 42.1 Å². The van der Waals surface area contributed by atoms with Gasteiger partial charge in [0.1, 0.15) is 17.3 Å². The summed E-state index contributed by atoms with van der Waals surface area (Å²) in [6.07, 6.45) is 4.74. The van der Waals surface area contributed by atoms with E-state index in [9.17, 15) is 9.59 Å². The first-order chi connectivity index (χ1) is 12.6. The predicted molar refractivity (Wildman–Crippen MR) is 101 cm³/mol. The maximum atomic E-state index is 12.2. The molecule has 1 fully saturated rings. The molecule has 3 rings (SSSR count). The Labute approximate surface area is 162 Å². The normalized spacial score (nSPS) is 19.4. The van der Waals surface area contributed by atoms with E-state index in [2.05, 4.69) is 10.5 Å². The van der Waals surface area contributed by atoms with Crippen LogP contribution in [0.5, 0.6) is 5.75 Å². The van der Waals surface area contributed by atoms with E-state index in [-0.39, 0.29) is 18.4 Å². The fraction of sp³-hybridized carbons (Fsp3) is 0.500. The van der Waals surface area contributed by atoms with Crippen LogP contribution in [0, 0.1) is 0 Å². The number of amides is 2. The number of nitrogens with one attached hydrogen (secondary N) is 1. The number of hydrogen-bond donors (Lipinski definition) is 1. The van der Waals surface area contributed by atoms with E-state index in [0.29, 0.717) is 47.5 Å². The summed E-state index contributed by atoms with van der Waals surface area (Å²) in [4.78, 5) is 25.8. The maximum Gasteiger partial charge on any atom is 0.259 e. The molecule has 1 aromatic carbocycles. The molecule has 0 atom stereocenters. The Kier molecular flexibility index (Phi) is 6.38. The number of hydrogen-bond acceptors (Lipinski definition) is 4. The molecular weight excluding hydrogens is 377 g/mol. The van der Waals surface area contributed by atoms with Gasteiger partial charge in [0.2, 0.25) is 5.91 Å². The first kappa shape index (κ1) is 19.0. The smallest absolute Gasteiger partial charge is 0.259 e. The van der Waals surface area contributed by atoms with E-state index >= 15 is 0 Å². The van der Waals surface area contributed by atoms with Crippen LogP contribution < -0.4 is 10.2 Å². The Morgan fingerprint density at radius 3 is 2.88 bits per heavy atom. The third-order valence-corrected chi connectivity index (χ3v) is 5.27. The molecule has 1 N–H and O–H groups in total. The summed E-state index contributed by atoms with van der Waals surface area (Å²) < 4.78 is 5.68. The molecule has 1 aromatic rings. The number of hydrazone groups is 1. The molecule has 26 heavy (non-hydrogen) atoms. The van der Waals surface area contributed by atoms with Crippen molar-refractivity contribution in [2.24, 2.45) is 5.10 Å². The van der Waals surface area contributed by atoms with Crippen molar-refractivity contribution in [2.45, 2.75) is 38.5 Å². The number of likely N-dealkylation sites (tertiary alicyclic amines) is 1. The van der Waals surface area contributed by atoms with Gasteiger partial charge in [0, 0.05) is 18.5 Å². The summed E-state index contributed by atoms with van der Waals surface area (Å²) in [5.41, 5.74) is 3.98. The van der Waals surface area contributed by atoms with Crippen molar-refractivity contribution in [1.82, 2.24) is 10.3 Å². The van der Waals surface area contributed by atoms with Crippen molar-refractivity contribution < 1.29 is 14.3 Å². The number of benzene rings is 1. The Morgan fingerprint density at radius 2 is 2.04 bits per heavy atom. The number of carbonyl (C=O) groups excluding carboxylic acids is 2. The minimum atomic E-state index is -0.306. The maximum absolute atomic E-state index is 12.2. The van der Waals surface area contributed by atoms with Crippen molar-refractivity contribution in [3.05, 3.63) is 27.7 Å². The molecule has 2 amide bonds. The number of carbonyl (C=O) groups is 2. The van der Waals surface area contributed by atoms with Crippen molar-refractivity contribution in [1.29, 1.82) is 0 Å². The molecule has 0 spiro atoms. The Bertz CT molecular complexity index is 737. The van der Waals surface area contributed by atoms with Crippen LogP contribution in [0.25, 0.3) is 0 Å². The highest BCUT2D eigenvalue weighted by Gasteiger charge is 2.21. The fourth-order valence-corrected chi connectivity index (χ4v) is 3.48. The van der Waals surface area contributed by atoms with Crippen LogP contribution in [-0.2, 0) is 9.59 Å². The number of fused-ring (bicyclic) bond motifs is 1. The van der Waals surface area contributed by atoms with Gasteiger partial charge in [-0.3, -0.25) is 9.59 Å². The van der Waals surface area contributed by atoms with Crippen LogP contribution in [0.2, 0.25) is 10.0 Å². The van der Waals surface area contributed by atoms with E-state index in [4.69, 9.17) is 27.9 Å². The zero-order chi connectivity index (χ0) is 18.5. The quantitative estimate of drug-likeness (QED) is 0.794. The zero-order valence-corrected chi connectivity index (χ0v) is 15.9. The van der Waals surface area contributed by atoms with Gasteiger partial charge in [-0.25, -0.2) is 5.43 Å². The van der Waals surface area contributed by atoms with Crippen LogP contribution in [0.1, 0.15) is 44.1 Å². The van der Waals surface area contributed by atoms with Gasteiger partial charge < -0.3 is 9.64 Å². The average Bonchev–Trinajstić information content (AvgIpc) is 2.95. The minimum absolute atomic E-state index is 0.0277. The highest BCUT2D eigenvalue weighted by atomic mass is 35.5. The summed E-state index contributed by atoms with van der Waals surface area (Å²) in [5.74, 6) is 0.215. The summed E-state index contributed by atoms with van der Waals surface area (Å²) in [5, 5.41) is 5.03. The van der Waals surface area contributed by atoms with Crippen molar-refractivity contribution in [2.75, 3.05) is 19.7 Å². The van der Waals surface area contributed by atoms with Crippen LogP contribution in [0.4, 0.5) is 0 Å². The van der Waals surface area contributed by atoms with Gasteiger partial charge in [0.15, 0.2) is 0 Å². The van der Waals surface area contributed by atoms with Crippen LogP contribution in [0.15, 0.2) is 17.2 Å². The zero-order valence-electron chi connectivity index (χ0n) is 14.4. The second-order valence-corrected chi connectivity index (χ2v) is 7.19. The second kappa shape index (κ2) is 8.73. The average molecular weight is 398 g/mol. The standard InChI is InChI=1S/C18H21Cl2N3O3/c19-13-8-7-12-14(5-4-10-26-18(12)17(13)20)21-22-15(24)11-23-9-3-1-2-6-16(23)25/h7-8H,1-6,9-11H2,(H,22,24). The van der Waals surface area contributed by atoms with Crippen molar-refractivity contribution in [3.8, 4) is 5.75 Å². The molecule has 140 valence electrons. The molecule has 0 saturated carbocycles. The van der Waals surface area contributed by atoms with Gasteiger partial charge in [-0.15, -0.1) is 0 Å². The van der Waals surface area contributed by atoms with Crippen LogP contribution in [0.3, 0.4) is 0 Å². The SMILES string of the molecule is O=C(CN1CCCCCC1=O)NN=C1CCCOc2c1ccc(Cl)c2Cl. The molecule has 0 bridgehead atoms. The lowest BCUT2D eigenvalue weighted by Gasteiger charge is -2.19.